The molecule has 0 aliphatic carbocycles. The monoisotopic (exact) mass is 433 g/mol. The van der Waals surface area contributed by atoms with E-state index in [2.05, 4.69) is 14.9 Å². The molecule has 0 bridgehead atoms. The number of ether oxygens (including phenoxy) is 1. The number of halogens is 1. The second-order valence-electron chi connectivity index (χ2n) is 6.48. The molecule has 1 unspecified atom stereocenters. The third-order valence-corrected chi connectivity index (χ3v) is 6.55. The van der Waals surface area contributed by atoms with E-state index < -0.39 is 32.7 Å². The third kappa shape index (κ3) is 7.32. The Labute approximate surface area is 170 Å². The highest BCUT2D eigenvalue weighted by Gasteiger charge is 2.27. The van der Waals surface area contributed by atoms with E-state index in [1.165, 1.54) is 30.0 Å². The van der Waals surface area contributed by atoms with E-state index in [4.69, 9.17) is 4.74 Å². The fourth-order valence-corrected chi connectivity index (χ4v) is 4.64. The summed E-state index contributed by atoms with van der Waals surface area (Å²) in [6, 6.07) is 4.18. The van der Waals surface area contributed by atoms with Crippen molar-refractivity contribution in [3.63, 3.8) is 0 Å². The number of carbonyl (C=O) groups is 1. The topological polar surface area (TPSA) is 87.7 Å². The lowest BCUT2D eigenvalue weighted by Gasteiger charge is -2.26. The van der Waals surface area contributed by atoms with E-state index in [1.807, 2.05) is 6.26 Å². The summed E-state index contributed by atoms with van der Waals surface area (Å²) in [6.07, 6.45) is 2.97. The fraction of sp³-hybridized carbons (Fsp3) is 0.611. The maximum atomic E-state index is 13.9. The number of nitrogens with zero attached hydrogens (tertiary/aromatic N) is 1. The molecule has 1 aliphatic heterocycles. The summed E-state index contributed by atoms with van der Waals surface area (Å²) in [5.74, 6) is -0.633. The highest BCUT2D eigenvalue weighted by molar-refractivity contribution is 7.98. The molecule has 28 heavy (non-hydrogen) atoms. The van der Waals surface area contributed by atoms with Crippen molar-refractivity contribution in [1.82, 2.24) is 14.9 Å². The van der Waals surface area contributed by atoms with Crippen LogP contribution < -0.4 is 10.0 Å². The van der Waals surface area contributed by atoms with Gasteiger partial charge in [0.25, 0.3) is 0 Å². The number of carbonyl (C=O) groups excluding carboxylic acids is 1. The van der Waals surface area contributed by atoms with Crippen molar-refractivity contribution >= 4 is 27.7 Å². The van der Waals surface area contributed by atoms with Crippen LogP contribution in [0.2, 0.25) is 0 Å². The highest BCUT2D eigenvalue weighted by atomic mass is 32.2. The van der Waals surface area contributed by atoms with Crippen molar-refractivity contribution in [3.8, 4) is 0 Å². The Kier molecular flexibility index (Phi) is 9.66. The van der Waals surface area contributed by atoms with Crippen molar-refractivity contribution in [2.75, 3.05) is 51.4 Å². The van der Waals surface area contributed by atoms with Crippen molar-refractivity contribution in [2.24, 2.45) is 0 Å². The number of amides is 1. The van der Waals surface area contributed by atoms with Gasteiger partial charge in [-0.05, 0) is 43.5 Å². The van der Waals surface area contributed by atoms with Gasteiger partial charge in [0.2, 0.25) is 15.9 Å². The van der Waals surface area contributed by atoms with Crippen molar-refractivity contribution in [3.05, 3.63) is 30.1 Å². The number of hydrogen-bond acceptors (Lipinski definition) is 6. The molecule has 10 heteroatoms. The van der Waals surface area contributed by atoms with Gasteiger partial charge in [0.1, 0.15) is 16.8 Å². The van der Waals surface area contributed by atoms with Gasteiger partial charge in [0.15, 0.2) is 0 Å². The van der Waals surface area contributed by atoms with E-state index in [1.54, 1.807) is 0 Å². The van der Waals surface area contributed by atoms with Crippen LogP contribution in [0.1, 0.15) is 12.8 Å². The van der Waals surface area contributed by atoms with E-state index in [0.29, 0.717) is 18.7 Å². The van der Waals surface area contributed by atoms with Crippen LogP contribution in [0.4, 0.5) is 4.39 Å². The second-order valence-corrected chi connectivity index (χ2v) is 9.15. The van der Waals surface area contributed by atoms with Gasteiger partial charge in [0, 0.05) is 19.6 Å². The summed E-state index contributed by atoms with van der Waals surface area (Å²) in [7, 11) is -4.13. The Hall–Kier alpha value is -1.20. The molecule has 0 radical (unpaired) electrons. The molecule has 1 heterocycles. The minimum absolute atomic E-state index is 0.324. The van der Waals surface area contributed by atoms with Gasteiger partial charge < -0.3 is 10.1 Å². The predicted octanol–water partition coefficient (Wildman–Crippen LogP) is 1.06. The molecule has 1 fully saturated rings. The predicted molar refractivity (Wildman–Crippen MR) is 108 cm³/mol. The van der Waals surface area contributed by atoms with Crippen LogP contribution in [0.5, 0.6) is 0 Å². The number of benzene rings is 1. The molecule has 1 atom stereocenters. The van der Waals surface area contributed by atoms with E-state index in [-0.39, 0.29) is 0 Å². The average molecular weight is 434 g/mol. The van der Waals surface area contributed by atoms with Crippen LogP contribution in [-0.2, 0) is 19.6 Å². The first-order valence-electron chi connectivity index (χ1n) is 9.27. The van der Waals surface area contributed by atoms with Gasteiger partial charge >= 0.3 is 0 Å². The highest BCUT2D eigenvalue weighted by Crippen LogP contribution is 2.15. The molecule has 0 spiro atoms. The maximum Gasteiger partial charge on any atom is 0.244 e. The summed E-state index contributed by atoms with van der Waals surface area (Å²) in [4.78, 5) is 14.3. The van der Waals surface area contributed by atoms with Gasteiger partial charge in [-0.2, -0.15) is 16.5 Å². The molecule has 2 N–H and O–H groups in total. The lowest BCUT2D eigenvalue weighted by molar-refractivity contribution is -0.122. The van der Waals surface area contributed by atoms with Crippen molar-refractivity contribution in [1.29, 1.82) is 0 Å². The smallest absolute Gasteiger partial charge is 0.244 e. The number of rotatable bonds is 11. The summed E-state index contributed by atoms with van der Waals surface area (Å²) in [5, 5.41) is 2.79. The lowest BCUT2D eigenvalue weighted by Crippen LogP contribution is -2.47. The molecule has 158 valence electrons. The van der Waals surface area contributed by atoms with Crippen LogP contribution in [-0.4, -0.2) is 76.7 Å². The molecule has 1 amide bonds. The minimum atomic E-state index is -4.13. The molecule has 1 aromatic rings. The standard InChI is InChI=1S/C18H28FN3O4S2/c1-27-14-7-16(21-28(24,25)17-6-3-2-5-15(17)19)18(23)20-8-4-9-22-10-12-26-13-11-22/h2-3,5-6,16,21H,4,7-14H2,1H3,(H,20,23). The Morgan fingerprint density at radius 2 is 2.04 bits per heavy atom. The third-order valence-electron chi connectivity index (χ3n) is 4.40. The summed E-state index contributed by atoms with van der Waals surface area (Å²) in [6.45, 7) is 4.51. The number of nitrogens with one attached hydrogen (secondary N) is 2. The van der Waals surface area contributed by atoms with E-state index in [0.717, 1.165) is 45.3 Å². The summed E-state index contributed by atoms with van der Waals surface area (Å²) < 4.78 is 46.6. The number of thioether (sulfide) groups is 1. The quantitative estimate of drug-likeness (QED) is 0.508. The molecule has 7 nitrogen and oxygen atoms in total. The maximum absolute atomic E-state index is 13.9. The molecule has 0 saturated carbocycles. The first-order chi connectivity index (χ1) is 13.4. The van der Waals surface area contributed by atoms with Crippen LogP contribution in [0.25, 0.3) is 0 Å². The van der Waals surface area contributed by atoms with Gasteiger partial charge in [-0.15, -0.1) is 0 Å². The Balaban J connectivity index is 1.90. The van der Waals surface area contributed by atoms with Gasteiger partial charge in [0.05, 0.1) is 13.2 Å². The first-order valence-corrected chi connectivity index (χ1v) is 12.2. The molecule has 1 saturated heterocycles. The molecule has 0 aromatic heterocycles. The average Bonchev–Trinajstić information content (AvgIpc) is 2.69. The number of morpholine rings is 1. The molecular formula is C18H28FN3O4S2. The van der Waals surface area contributed by atoms with Crippen molar-refractivity contribution in [2.45, 2.75) is 23.8 Å². The molecule has 1 aliphatic rings. The van der Waals surface area contributed by atoms with Crippen LogP contribution >= 0.6 is 11.8 Å². The fourth-order valence-electron chi connectivity index (χ4n) is 2.85. The first kappa shape index (κ1) is 23.1. The van der Waals surface area contributed by atoms with Crippen LogP contribution in [0, 0.1) is 5.82 Å². The van der Waals surface area contributed by atoms with E-state index >= 15 is 0 Å². The zero-order valence-corrected chi connectivity index (χ0v) is 17.7. The molecule has 2 rings (SSSR count). The Morgan fingerprint density at radius 3 is 2.71 bits per heavy atom. The minimum Gasteiger partial charge on any atom is -0.379 e. The summed E-state index contributed by atoms with van der Waals surface area (Å²) >= 11 is 1.51. The molecular weight excluding hydrogens is 405 g/mol. The van der Waals surface area contributed by atoms with E-state index in [9.17, 15) is 17.6 Å². The van der Waals surface area contributed by atoms with Crippen LogP contribution in [0.15, 0.2) is 29.2 Å². The summed E-state index contributed by atoms with van der Waals surface area (Å²) in [5.41, 5.74) is 0. The molecule has 1 aromatic carbocycles. The largest absolute Gasteiger partial charge is 0.379 e. The van der Waals surface area contributed by atoms with Gasteiger partial charge in [-0.3, -0.25) is 9.69 Å². The number of hydrogen-bond donors (Lipinski definition) is 2. The van der Waals surface area contributed by atoms with Crippen LogP contribution in [0.3, 0.4) is 0 Å². The Morgan fingerprint density at radius 1 is 1.32 bits per heavy atom. The van der Waals surface area contributed by atoms with Gasteiger partial charge in [-0.1, -0.05) is 12.1 Å². The normalized spacial score (nSPS) is 16.6. The SMILES string of the molecule is CSCCC(NS(=O)(=O)c1ccccc1F)C(=O)NCCCN1CCOCC1. The van der Waals surface area contributed by atoms with Crippen molar-refractivity contribution < 1.29 is 22.3 Å². The Bertz CT molecular complexity index is 727. The number of sulfonamides is 1. The van der Waals surface area contributed by atoms with Gasteiger partial charge in [-0.25, -0.2) is 12.8 Å². The zero-order chi connectivity index (χ0) is 20.4. The second kappa shape index (κ2) is 11.7. The zero-order valence-electron chi connectivity index (χ0n) is 16.0. The lowest BCUT2D eigenvalue weighted by atomic mass is 10.2.